The normalized spacial score (nSPS) is 11.1. The van der Waals surface area contributed by atoms with Crippen molar-refractivity contribution < 1.29 is 23.9 Å². The highest BCUT2D eigenvalue weighted by molar-refractivity contribution is 6.01. The van der Waals surface area contributed by atoms with Crippen LogP contribution < -0.4 is 16.4 Å². The molecular formula is C13H24N4O5. The summed E-state index contributed by atoms with van der Waals surface area (Å²) in [5, 5.41) is 4.59. The average Bonchev–Trinajstić information content (AvgIpc) is 2.43. The predicted molar refractivity (Wildman–Crippen MR) is 80.5 cm³/mol. The topological polar surface area (TPSA) is 132 Å². The molecule has 0 saturated carbocycles. The molecule has 1 atom stereocenters. The summed E-state index contributed by atoms with van der Waals surface area (Å²) in [6.07, 6.45) is -0.485. The zero-order chi connectivity index (χ0) is 17.0. The van der Waals surface area contributed by atoms with Crippen molar-refractivity contribution >= 4 is 23.9 Å². The Kier molecular flexibility index (Phi) is 10.4. The molecule has 0 rings (SSSR count). The van der Waals surface area contributed by atoms with Gasteiger partial charge in [-0.15, -0.1) is 0 Å². The third kappa shape index (κ3) is 9.70. The van der Waals surface area contributed by atoms with E-state index in [9.17, 15) is 14.4 Å². The van der Waals surface area contributed by atoms with Crippen LogP contribution in [0, 0.1) is 0 Å². The first kappa shape index (κ1) is 19.8. The van der Waals surface area contributed by atoms with Gasteiger partial charge in [0.15, 0.2) is 0 Å². The summed E-state index contributed by atoms with van der Waals surface area (Å²) in [6.45, 7) is 5.37. The molecule has 0 heterocycles. The molecule has 0 unspecified atom stereocenters. The van der Waals surface area contributed by atoms with Crippen LogP contribution in [0.5, 0.6) is 0 Å². The van der Waals surface area contributed by atoms with Crippen molar-refractivity contribution in [1.29, 1.82) is 0 Å². The van der Waals surface area contributed by atoms with E-state index in [1.165, 1.54) is 6.92 Å². The van der Waals surface area contributed by atoms with Gasteiger partial charge < -0.3 is 15.2 Å². The number of ether oxygens (including phenoxy) is 2. The minimum absolute atomic E-state index is 0.0757. The van der Waals surface area contributed by atoms with Crippen LogP contribution in [-0.2, 0) is 14.3 Å². The van der Waals surface area contributed by atoms with Crippen molar-refractivity contribution in [3.05, 3.63) is 0 Å². The largest absolute Gasteiger partial charge is 0.450 e. The second-order valence-corrected chi connectivity index (χ2v) is 4.28. The van der Waals surface area contributed by atoms with Crippen molar-refractivity contribution in [3.8, 4) is 0 Å². The first-order valence-electron chi connectivity index (χ1n) is 7.08. The predicted octanol–water partition coefficient (Wildman–Crippen LogP) is 0.531. The fraction of sp³-hybridized carbons (Fsp3) is 0.692. The van der Waals surface area contributed by atoms with Gasteiger partial charge in [0, 0.05) is 6.54 Å². The fourth-order valence-electron chi connectivity index (χ4n) is 1.34. The number of hydrogen-bond acceptors (Lipinski definition) is 7. The number of nitrogens with two attached hydrogens (primary N) is 1. The summed E-state index contributed by atoms with van der Waals surface area (Å²) in [6, 6.07) is -0.533. The van der Waals surface area contributed by atoms with Gasteiger partial charge in [-0.25, -0.2) is 9.59 Å². The van der Waals surface area contributed by atoms with Gasteiger partial charge in [-0.2, -0.15) is 0 Å². The number of nitrogens with one attached hydrogen (secondary N) is 2. The number of ketones is 1. The van der Waals surface area contributed by atoms with E-state index in [0.717, 1.165) is 0 Å². The van der Waals surface area contributed by atoms with Crippen LogP contribution in [0.4, 0.5) is 9.59 Å². The van der Waals surface area contributed by atoms with Gasteiger partial charge in [-0.1, -0.05) is 0 Å². The molecule has 0 spiro atoms. The van der Waals surface area contributed by atoms with E-state index in [-0.39, 0.29) is 31.5 Å². The lowest BCUT2D eigenvalue weighted by atomic mass is 10.1. The third-order valence-corrected chi connectivity index (χ3v) is 2.46. The van der Waals surface area contributed by atoms with Crippen molar-refractivity contribution in [2.24, 2.45) is 10.7 Å². The number of aliphatic imine (C=N–C) groups is 1. The molecule has 0 aliphatic carbocycles. The molecular weight excluding hydrogens is 292 g/mol. The Labute approximate surface area is 129 Å². The molecule has 0 aromatic rings. The third-order valence-electron chi connectivity index (χ3n) is 2.46. The number of guanidine groups is 1. The van der Waals surface area contributed by atoms with Gasteiger partial charge in [-0.3, -0.25) is 20.4 Å². The minimum atomic E-state index is -0.738. The highest BCUT2D eigenvalue weighted by Gasteiger charge is 2.11. The number of carbonyl (C=O) groups is 3. The maximum Gasteiger partial charge on any atom is 0.413 e. The second kappa shape index (κ2) is 11.5. The number of hydrogen-bond donors (Lipinski definition) is 3. The van der Waals surface area contributed by atoms with Gasteiger partial charge in [0.05, 0.1) is 19.3 Å². The van der Waals surface area contributed by atoms with E-state index in [4.69, 9.17) is 15.2 Å². The van der Waals surface area contributed by atoms with E-state index in [1.807, 2.05) is 0 Å². The molecule has 0 aromatic heterocycles. The van der Waals surface area contributed by atoms with Gasteiger partial charge in [0.25, 0.3) is 0 Å². The van der Waals surface area contributed by atoms with Crippen LogP contribution in [0.2, 0.25) is 0 Å². The lowest BCUT2D eigenvalue weighted by molar-refractivity contribution is -0.118. The molecule has 22 heavy (non-hydrogen) atoms. The maximum absolute atomic E-state index is 11.4. The molecule has 126 valence electrons. The van der Waals surface area contributed by atoms with Crippen LogP contribution >= 0.6 is 0 Å². The number of carbonyl (C=O) groups excluding carboxylic acids is 3. The summed E-state index contributed by atoms with van der Waals surface area (Å²) in [4.78, 5) is 37.7. The maximum atomic E-state index is 11.4. The van der Waals surface area contributed by atoms with Crippen molar-refractivity contribution in [3.63, 3.8) is 0 Å². The molecule has 0 aliphatic heterocycles. The van der Waals surface area contributed by atoms with Crippen LogP contribution in [0.1, 0.15) is 33.6 Å². The van der Waals surface area contributed by atoms with E-state index < -0.39 is 18.2 Å². The molecule has 9 heteroatoms. The molecule has 2 amide bonds. The summed E-state index contributed by atoms with van der Waals surface area (Å²) < 4.78 is 9.40. The molecule has 0 bridgehead atoms. The van der Waals surface area contributed by atoms with Gasteiger partial charge in [0.1, 0.15) is 5.78 Å². The monoisotopic (exact) mass is 316 g/mol. The molecule has 9 nitrogen and oxygen atoms in total. The molecule has 4 N–H and O–H groups in total. The van der Waals surface area contributed by atoms with Crippen molar-refractivity contribution in [2.45, 2.75) is 39.7 Å². The number of rotatable bonds is 7. The van der Waals surface area contributed by atoms with Crippen LogP contribution in [0.25, 0.3) is 0 Å². The Hall–Kier alpha value is -2.16. The van der Waals surface area contributed by atoms with Crippen LogP contribution in [0.15, 0.2) is 4.99 Å². The zero-order valence-electron chi connectivity index (χ0n) is 13.2. The second-order valence-electron chi connectivity index (χ2n) is 4.28. The summed E-state index contributed by atoms with van der Waals surface area (Å²) in [7, 11) is 0. The highest BCUT2D eigenvalue weighted by atomic mass is 16.6. The number of nitrogens with zero attached hydrogens (tertiary/aromatic N) is 1. The fourth-order valence-corrected chi connectivity index (χ4v) is 1.34. The van der Waals surface area contributed by atoms with Gasteiger partial charge in [-0.05, 0) is 33.6 Å². The Morgan fingerprint density at radius 2 is 1.59 bits per heavy atom. The quantitative estimate of drug-likeness (QED) is 0.356. The lowest BCUT2D eigenvalue weighted by Gasteiger charge is -2.10. The average molecular weight is 316 g/mol. The van der Waals surface area contributed by atoms with Crippen molar-refractivity contribution in [2.75, 3.05) is 19.8 Å². The number of Topliss-reactive ketones (excluding diaryl/α,β-unsaturated/α-hetero) is 1. The Morgan fingerprint density at radius 3 is 2.00 bits per heavy atom. The van der Waals surface area contributed by atoms with Crippen LogP contribution in [0.3, 0.4) is 0 Å². The Morgan fingerprint density at radius 1 is 1.09 bits per heavy atom. The SMILES string of the molecule is CCOC(=O)NC(=NCCC[C@@H](N)C(C)=O)NC(=O)OCC. The molecule has 0 aromatic carbocycles. The summed E-state index contributed by atoms with van der Waals surface area (Å²) in [5.41, 5.74) is 5.60. The van der Waals surface area contributed by atoms with Crippen molar-refractivity contribution in [1.82, 2.24) is 10.6 Å². The number of alkyl carbamates (subject to hydrolysis) is 2. The smallest absolute Gasteiger partial charge is 0.413 e. The zero-order valence-corrected chi connectivity index (χ0v) is 13.2. The van der Waals surface area contributed by atoms with E-state index in [2.05, 4.69) is 15.6 Å². The van der Waals surface area contributed by atoms with Gasteiger partial charge in [0.2, 0.25) is 5.96 Å². The summed E-state index contributed by atoms with van der Waals surface area (Å²) >= 11 is 0. The van der Waals surface area contributed by atoms with Crippen LogP contribution in [-0.4, -0.2) is 49.7 Å². The molecule has 0 aliphatic rings. The minimum Gasteiger partial charge on any atom is -0.450 e. The first-order chi connectivity index (χ1) is 10.4. The summed E-state index contributed by atoms with van der Waals surface area (Å²) in [5.74, 6) is -0.174. The van der Waals surface area contributed by atoms with E-state index in [0.29, 0.717) is 12.8 Å². The first-order valence-corrected chi connectivity index (χ1v) is 7.08. The Bertz CT molecular complexity index is 389. The lowest BCUT2D eigenvalue weighted by Crippen LogP contribution is -2.44. The van der Waals surface area contributed by atoms with E-state index >= 15 is 0 Å². The standard InChI is InChI=1S/C13H24N4O5/c1-4-21-12(19)16-11(17-13(20)22-5-2)15-8-6-7-10(14)9(3)18/h10H,4-8,14H2,1-3H3,(H2,15,16,17,19,20)/t10-/m1/s1. The van der Waals surface area contributed by atoms with Gasteiger partial charge >= 0.3 is 12.2 Å². The molecule has 0 fully saturated rings. The number of amides is 2. The molecule has 0 saturated heterocycles. The Balaban J connectivity index is 4.48. The highest BCUT2D eigenvalue weighted by Crippen LogP contribution is 1.96. The van der Waals surface area contributed by atoms with E-state index in [1.54, 1.807) is 13.8 Å². The molecule has 0 radical (unpaired) electrons.